The van der Waals surface area contributed by atoms with Gasteiger partial charge in [0, 0.05) is 36.3 Å². The van der Waals surface area contributed by atoms with Gasteiger partial charge in [0.2, 0.25) is 10.0 Å². The molecule has 0 unspecified atom stereocenters. The predicted molar refractivity (Wildman–Crippen MR) is 107 cm³/mol. The highest BCUT2D eigenvalue weighted by molar-refractivity contribution is 7.89. The van der Waals surface area contributed by atoms with Gasteiger partial charge in [-0.25, -0.2) is 17.8 Å². The van der Waals surface area contributed by atoms with Crippen LogP contribution >= 0.6 is 11.3 Å². The van der Waals surface area contributed by atoms with Crippen molar-refractivity contribution in [3.8, 4) is 0 Å². The fourth-order valence-electron chi connectivity index (χ4n) is 3.13. The molecule has 1 amide bonds. The lowest BCUT2D eigenvalue weighted by atomic mass is 10.2. The molecule has 1 aromatic heterocycles. The van der Waals surface area contributed by atoms with E-state index in [-0.39, 0.29) is 5.56 Å². The van der Waals surface area contributed by atoms with E-state index < -0.39 is 26.6 Å². The van der Waals surface area contributed by atoms with E-state index in [1.807, 2.05) is 12.3 Å². The molecule has 0 radical (unpaired) electrons. The van der Waals surface area contributed by atoms with Crippen LogP contribution in [0.15, 0.2) is 28.5 Å². The second kappa shape index (κ2) is 9.11. The van der Waals surface area contributed by atoms with E-state index in [4.69, 9.17) is 0 Å². The monoisotopic (exact) mass is 425 g/mol. The molecule has 1 aliphatic rings. The molecule has 3 rings (SSSR count). The third kappa shape index (κ3) is 4.95. The number of nitrogens with one attached hydrogen (secondary N) is 1. The summed E-state index contributed by atoms with van der Waals surface area (Å²) in [6.45, 7) is 3.20. The van der Waals surface area contributed by atoms with Gasteiger partial charge in [-0.2, -0.15) is 4.31 Å². The van der Waals surface area contributed by atoms with Gasteiger partial charge in [-0.1, -0.05) is 0 Å². The molecule has 1 fully saturated rings. The number of benzene rings is 1. The number of hydrogen-bond acceptors (Lipinski definition) is 5. The largest absolute Gasteiger partial charge is 0.352 e. The maximum absolute atomic E-state index is 14.2. The van der Waals surface area contributed by atoms with Crippen molar-refractivity contribution in [1.29, 1.82) is 0 Å². The molecule has 1 saturated heterocycles. The standard InChI is InChI=1S/C19H24FN3O3S2/c1-14-13-27-18(22-14)6-2-3-9-21-19(24)15-7-8-16(20)17(12-15)28(25,26)23-10-4-5-11-23/h7-8,12-13H,2-6,9-11H2,1H3,(H,21,24). The van der Waals surface area contributed by atoms with Crippen LogP contribution in [0.2, 0.25) is 0 Å². The average Bonchev–Trinajstić information content (AvgIpc) is 3.33. The van der Waals surface area contributed by atoms with Crippen molar-refractivity contribution >= 4 is 27.3 Å². The van der Waals surface area contributed by atoms with Crippen LogP contribution in [0.5, 0.6) is 0 Å². The van der Waals surface area contributed by atoms with Gasteiger partial charge in [0.1, 0.15) is 10.7 Å². The van der Waals surface area contributed by atoms with Crippen LogP contribution in [0.4, 0.5) is 4.39 Å². The predicted octanol–water partition coefficient (Wildman–Crippen LogP) is 3.13. The number of carbonyl (C=O) groups excluding carboxylic acids is 1. The average molecular weight is 426 g/mol. The molecule has 28 heavy (non-hydrogen) atoms. The van der Waals surface area contributed by atoms with E-state index in [0.717, 1.165) is 54.9 Å². The van der Waals surface area contributed by atoms with Crippen molar-refractivity contribution in [3.05, 3.63) is 45.7 Å². The summed E-state index contributed by atoms with van der Waals surface area (Å²) in [5.74, 6) is -1.23. The Balaban J connectivity index is 1.56. The number of aryl methyl sites for hydroxylation is 2. The maximum atomic E-state index is 14.2. The second-order valence-corrected chi connectivity index (χ2v) is 9.70. The molecular formula is C19H24FN3O3S2. The van der Waals surface area contributed by atoms with Gasteiger partial charge in [-0.05, 0) is 57.2 Å². The summed E-state index contributed by atoms with van der Waals surface area (Å²) in [6, 6.07) is 3.49. The summed E-state index contributed by atoms with van der Waals surface area (Å²) < 4.78 is 40.7. The van der Waals surface area contributed by atoms with E-state index in [9.17, 15) is 17.6 Å². The first-order valence-electron chi connectivity index (χ1n) is 9.37. The lowest BCUT2D eigenvalue weighted by molar-refractivity contribution is 0.0952. The Morgan fingerprint density at radius 3 is 2.71 bits per heavy atom. The summed E-state index contributed by atoms with van der Waals surface area (Å²) >= 11 is 1.63. The molecule has 2 aromatic rings. The number of hydrogen-bond donors (Lipinski definition) is 1. The molecular weight excluding hydrogens is 401 g/mol. The second-order valence-electron chi connectivity index (χ2n) is 6.85. The van der Waals surface area contributed by atoms with Gasteiger partial charge < -0.3 is 5.32 Å². The van der Waals surface area contributed by atoms with Crippen LogP contribution in [0, 0.1) is 12.7 Å². The summed E-state index contributed by atoms with van der Waals surface area (Å²) in [5, 5.41) is 5.87. The number of halogens is 1. The molecule has 0 spiro atoms. The third-order valence-electron chi connectivity index (χ3n) is 4.65. The van der Waals surface area contributed by atoms with Gasteiger partial charge in [0.25, 0.3) is 5.91 Å². The molecule has 0 aliphatic carbocycles. The summed E-state index contributed by atoms with van der Waals surface area (Å²) in [6.07, 6.45) is 4.07. The Morgan fingerprint density at radius 2 is 2.04 bits per heavy atom. The highest BCUT2D eigenvalue weighted by Gasteiger charge is 2.30. The van der Waals surface area contributed by atoms with Gasteiger partial charge in [0.15, 0.2) is 0 Å². The number of sulfonamides is 1. The Labute approximate surface area is 168 Å². The van der Waals surface area contributed by atoms with Crippen LogP contribution < -0.4 is 5.32 Å². The number of rotatable bonds is 8. The fraction of sp³-hybridized carbons (Fsp3) is 0.474. The first kappa shape index (κ1) is 20.9. The SMILES string of the molecule is Cc1csc(CCCCNC(=O)c2ccc(F)c(S(=O)(=O)N3CCCC3)c2)n1. The van der Waals surface area contributed by atoms with E-state index >= 15 is 0 Å². The molecule has 0 bridgehead atoms. The number of unbranched alkanes of at least 4 members (excludes halogenated alkanes) is 1. The zero-order chi connectivity index (χ0) is 20.1. The zero-order valence-electron chi connectivity index (χ0n) is 15.8. The van der Waals surface area contributed by atoms with Crippen LogP contribution in [0.1, 0.15) is 46.7 Å². The van der Waals surface area contributed by atoms with Gasteiger partial charge in [-0.3, -0.25) is 4.79 Å². The summed E-state index contributed by atoms with van der Waals surface area (Å²) in [5.41, 5.74) is 1.17. The van der Waals surface area contributed by atoms with Crippen LogP contribution in [-0.4, -0.2) is 43.2 Å². The fourth-order valence-corrected chi connectivity index (χ4v) is 5.56. The van der Waals surface area contributed by atoms with Gasteiger partial charge in [0.05, 0.1) is 5.01 Å². The molecule has 152 valence electrons. The number of aromatic nitrogens is 1. The minimum atomic E-state index is -3.91. The summed E-state index contributed by atoms with van der Waals surface area (Å²) in [7, 11) is -3.91. The Kier molecular flexibility index (Phi) is 6.79. The Hall–Kier alpha value is -1.84. The van der Waals surface area contributed by atoms with Gasteiger partial charge >= 0.3 is 0 Å². The molecule has 1 aliphatic heterocycles. The number of nitrogens with zero attached hydrogens (tertiary/aromatic N) is 2. The highest BCUT2D eigenvalue weighted by Crippen LogP contribution is 2.24. The lowest BCUT2D eigenvalue weighted by Gasteiger charge is -2.16. The van der Waals surface area contributed by atoms with Crippen molar-refractivity contribution < 1.29 is 17.6 Å². The molecule has 0 saturated carbocycles. The Morgan fingerprint density at radius 1 is 1.29 bits per heavy atom. The van der Waals surface area contributed by atoms with Crippen molar-refractivity contribution in [2.45, 2.75) is 43.9 Å². The molecule has 2 heterocycles. The Bertz CT molecular complexity index is 938. The van der Waals surface area contributed by atoms with Crippen LogP contribution in [0.25, 0.3) is 0 Å². The van der Waals surface area contributed by atoms with E-state index in [1.54, 1.807) is 11.3 Å². The topological polar surface area (TPSA) is 79.4 Å². The van der Waals surface area contributed by atoms with Crippen molar-refractivity contribution in [2.24, 2.45) is 0 Å². The molecule has 1 aromatic carbocycles. The molecule has 9 heteroatoms. The molecule has 0 atom stereocenters. The number of carbonyl (C=O) groups is 1. The van der Waals surface area contributed by atoms with Crippen LogP contribution in [-0.2, 0) is 16.4 Å². The normalized spacial score (nSPS) is 15.1. The van der Waals surface area contributed by atoms with E-state index in [2.05, 4.69) is 10.3 Å². The van der Waals surface area contributed by atoms with Crippen LogP contribution in [0.3, 0.4) is 0 Å². The van der Waals surface area contributed by atoms with Crippen molar-refractivity contribution in [1.82, 2.24) is 14.6 Å². The maximum Gasteiger partial charge on any atom is 0.251 e. The van der Waals surface area contributed by atoms with Gasteiger partial charge in [-0.15, -0.1) is 11.3 Å². The molecule has 1 N–H and O–H groups in total. The highest BCUT2D eigenvalue weighted by atomic mass is 32.2. The van der Waals surface area contributed by atoms with E-state index in [1.165, 1.54) is 10.4 Å². The number of amides is 1. The minimum absolute atomic E-state index is 0.148. The van der Waals surface area contributed by atoms with E-state index in [0.29, 0.717) is 19.6 Å². The zero-order valence-corrected chi connectivity index (χ0v) is 17.4. The first-order valence-corrected chi connectivity index (χ1v) is 11.7. The first-order chi connectivity index (χ1) is 13.4. The molecule has 6 nitrogen and oxygen atoms in total. The lowest BCUT2D eigenvalue weighted by Crippen LogP contribution is -2.29. The quantitative estimate of drug-likeness (QED) is 0.659. The van der Waals surface area contributed by atoms with Crippen molar-refractivity contribution in [2.75, 3.05) is 19.6 Å². The minimum Gasteiger partial charge on any atom is -0.352 e. The van der Waals surface area contributed by atoms with Crippen molar-refractivity contribution in [3.63, 3.8) is 0 Å². The third-order valence-corrected chi connectivity index (χ3v) is 7.59. The number of thiazole rings is 1. The smallest absolute Gasteiger partial charge is 0.251 e. The summed E-state index contributed by atoms with van der Waals surface area (Å²) in [4.78, 5) is 16.3.